The van der Waals surface area contributed by atoms with Crippen LogP contribution in [-0.4, -0.2) is 4.92 Å². The minimum absolute atomic E-state index is 0.0697. The SMILES string of the molecule is N#C/C(=C/c1ccc(OCc2cccc(F)c2)cc1)c1cccc([N+](=O)[O-])c1. The van der Waals surface area contributed by atoms with Crippen LogP contribution in [0.2, 0.25) is 0 Å². The van der Waals surface area contributed by atoms with E-state index in [4.69, 9.17) is 4.74 Å². The Kier molecular flexibility index (Phi) is 5.78. The van der Waals surface area contributed by atoms with E-state index in [1.807, 2.05) is 0 Å². The van der Waals surface area contributed by atoms with Gasteiger partial charge in [-0.3, -0.25) is 10.1 Å². The van der Waals surface area contributed by atoms with Crippen LogP contribution in [0.25, 0.3) is 11.6 Å². The third-order valence-corrected chi connectivity index (χ3v) is 3.97. The maximum Gasteiger partial charge on any atom is 0.270 e. The van der Waals surface area contributed by atoms with Crippen molar-refractivity contribution in [2.24, 2.45) is 0 Å². The predicted molar refractivity (Wildman–Crippen MR) is 104 cm³/mol. The van der Waals surface area contributed by atoms with E-state index in [1.54, 1.807) is 54.6 Å². The van der Waals surface area contributed by atoms with E-state index >= 15 is 0 Å². The van der Waals surface area contributed by atoms with Crippen LogP contribution in [0, 0.1) is 27.3 Å². The van der Waals surface area contributed by atoms with Gasteiger partial charge in [-0.05, 0) is 47.0 Å². The molecule has 3 aromatic rings. The van der Waals surface area contributed by atoms with Crippen LogP contribution in [0.4, 0.5) is 10.1 Å². The summed E-state index contributed by atoms with van der Waals surface area (Å²) in [5.74, 6) is 0.294. The molecule has 0 aliphatic carbocycles. The molecule has 0 aliphatic heterocycles. The van der Waals surface area contributed by atoms with E-state index in [9.17, 15) is 19.8 Å². The first-order valence-electron chi connectivity index (χ1n) is 8.39. The Labute approximate surface area is 161 Å². The van der Waals surface area contributed by atoms with Gasteiger partial charge in [-0.1, -0.05) is 36.4 Å². The number of non-ortho nitro benzene ring substituents is 1. The van der Waals surface area contributed by atoms with Gasteiger partial charge < -0.3 is 4.74 Å². The van der Waals surface area contributed by atoms with Gasteiger partial charge in [0.05, 0.1) is 16.6 Å². The lowest BCUT2D eigenvalue weighted by atomic mass is 10.0. The molecular formula is C22H15FN2O3. The van der Waals surface area contributed by atoms with Crippen molar-refractivity contribution in [3.8, 4) is 11.8 Å². The van der Waals surface area contributed by atoms with Gasteiger partial charge in [0, 0.05) is 12.1 Å². The molecule has 0 amide bonds. The molecule has 0 N–H and O–H groups in total. The van der Waals surface area contributed by atoms with Crippen molar-refractivity contribution in [3.63, 3.8) is 0 Å². The standard InChI is InChI=1S/C22H15FN2O3/c23-20-5-1-3-17(12-20)15-28-22-9-7-16(8-10-22)11-19(14-24)18-4-2-6-21(13-18)25(26)27/h1-13H,15H2/b19-11-. The molecule has 5 nitrogen and oxygen atoms in total. The molecule has 0 saturated carbocycles. The van der Waals surface area contributed by atoms with Gasteiger partial charge in [0.25, 0.3) is 5.69 Å². The zero-order valence-corrected chi connectivity index (χ0v) is 14.7. The average Bonchev–Trinajstić information content (AvgIpc) is 2.71. The van der Waals surface area contributed by atoms with Gasteiger partial charge in [0.2, 0.25) is 0 Å². The second kappa shape index (κ2) is 8.60. The van der Waals surface area contributed by atoms with E-state index in [0.717, 1.165) is 11.1 Å². The minimum atomic E-state index is -0.497. The Bertz CT molecular complexity index is 1070. The van der Waals surface area contributed by atoms with E-state index in [-0.39, 0.29) is 18.1 Å². The fraction of sp³-hybridized carbons (Fsp3) is 0.0455. The van der Waals surface area contributed by atoms with Gasteiger partial charge in [-0.2, -0.15) is 5.26 Å². The summed E-state index contributed by atoms with van der Waals surface area (Å²) in [7, 11) is 0. The fourth-order valence-corrected chi connectivity index (χ4v) is 2.59. The van der Waals surface area contributed by atoms with Crippen molar-refractivity contribution in [3.05, 3.63) is 105 Å². The first-order chi connectivity index (χ1) is 13.5. The van der Waals surface area contributed by atoms with Crippen molar-refractivity contribution in [2.45, 2.75) is 6.61 Å². The number of benzene rings is 3. The Morgan fingerprint density at radius 1 is 1.11 bits per heavy atom. The van der Waals surface area contributed by atoms with Crippen molar-refractivity contribution in [1.82, 2.24) is 0 Å². The highest BCUT2D eigenvalue weighted by Gasteiger charge is 2.09. The van der Waals surface area contributed by atoms with Crippen molar-refractivity contribution in [1.29, 1.82) is 5.26 Å². The van der Waals surface area contributed by atoms with E-state index in [1.165, 1.54) is 24.3 Å². The summed E-state index contributed by atoms with van der Waals surface area (Å²) in [5.41, 5.74) is 2.20. The summed E-state index contributed by atoms with van der Waals surface area (Å²) in [6.45, 7) is 0.240. The van der Waals surface area contributed by atoms with Gasteiger partial charge in [0.15, 0.2) is 0 Å². The second-order valence-electron chi connectivity index (χ2n) is 5.96. The van der Waals surface area contributed by atoms with Gasteiger partial charge in [-0.15, -0.1) is 0 Å². The number of hydrogen-bond donors (Lipinski definition) is 0. The van der Waals surface area contributed by atoms with Gasteiger partial charge in [0.1, 0.15) is 18.2 Å². The second-order valence-corrected chi connectivity index (χ2v) is 5.96. The highest BCUT2D eigenvalue weighted by atomic mass is 19.1. The number of allylic oxidation sites excluding steroid dienone is 1. The summed E-state index contributed by atoms with van der Waals surface area (Å²) < 4.78 is 18.8. The molecule has 0 heterocycles. The normalized spacial score (nSPS) is 10.9. The summed E-state index contributed by atoms with van der Waals surface area (Å²) in [6.07, 6.45) is 1.65. The Hall–Kier alpha value is -3.98. The van der Waals surface area contributed by atoms with Crippen LogP contribution >= 0.6 is 0 Å². The summed E-state index contributed by atoms with van der Waals surface area (Å²) in [5, 5.41) is 20.3. The molecule has 0 atom stereocenters. The molecule has 0 unspecified atom stereocenters. The zero-order chi connectivity index (χ0) is 19.9. The predicted octanol–water partition coefficient (Wildman–Crippen LogP) is 5.38. The minimum Gasteiger partial charge on any atom is -0.489 e. The summed E-state index contributed by atoms with van der Waals surface area (Å²) in [6, 6.07) is 21.2. The molecule has 0 radical (unpaired) electrons. The number of nitro groups is 1. The molecule has 0 aromatic heterocycles. The van der Waals surface area contributed by atoms with Crippen LogP contribution in [0.15, 0.2) is 72.8 Å². The third kappa shape index (κ3) is 4.80. The first-order valence-corrected chi connectivity index (χ1v) is 8.39. The molecule has 138 valence electrons. The van der Waals surface area contributed by atoms with Crippen LogP contribution < -0.4 is 4.74 Å². The van der Waals surface area contributed by atoms with Crippen molar-refractivity contribution in [2.75, 3.05) is 0 Å². The van der Waals surface area contributed by atoms with Gasteiger partial charge >= 0.3 is 0 Å². The third-order valence-electron chi connectivity index (χ3n) is 3.97. The lowest BCUT2D eigenvalue weighted by Gasteiger charge is -2.07. The number of hydrogen-bond acceptors (Lipinski definition) is 4. The van der Waals surface area contributed by atoms with Gasteiger partial charge in [-0.25, -0.2) is 4.39 Å². The molecular weight excluding hydrogens is 359 g/mol. The van der Waals surface area contributed by atoms with E-state index in [2.05, 4.69) is 6.07 Å². The summed E-state index contributed by atoms with van der Waals surface area (Å²) >= 11 is 0. The van der Waals surface area contributed by atoms with Crippen LogP contribution in [0.1, 0.15) is 16.7 Å². The number of nitro benzene ring substituents is 1. The van der Waals surface area contributed by atoms with Crippen LogP contribution in [0.5, 0.6) is 5.75 Å². The quantitative estimate of drug-likeness (QED) is 0.251. The van der Waals surface area contributed by atoms with Crippen molar-refractivity contribution >= 4 is 17.3 Å². The highest BCUT2D eigenvalue weighted by molar-refractivity contribution is 5.90. The number of halogens is 1. The fourth-order valence-electron chi connectivity index (χ4n) is 2.59. The maximum absolute atomic E-state index is 13.2. The van der Waals surface area contributed by atoms with E-state index < -0.39 is 4.92 Å². The largest absolute Gasteiger partial charge is 0.489 e. The molecule has 6 heteroatoms. The number of nitriles is 1. The molecule has 3 rings (SSSR count). The Balaban J connectivity index is 1.74. The molecule has 0 bridgehead atoms. The van der Waals surface area contributed by atoms with E-state index in [0.29, 0.717) is 16.9 Å². The zero-order valence-electron chi connectivity index (χ0n) is 14.7. The highest BCUT2D eigenvalue weighted by Crippen LogP contribution is 2.23. The Morgan fingerprint density at radius 2 is 1.86 bits per heavy atom. The molecule has 0 fully saturated rings. The Morgan fingerprint density at radius 3 is 2.54 bits per heavy atom. The first kappa shape index (κ1) is 18.8. The van der Waals surface area contributed by atoms with Crippen LogP contribution in [0.3, 0.4) is 0 Å². The molecule has 0 aliphatic rings. The molecule has 0 spiro atoms. The van der Waals surface area contributed by atoms with Crippen LogP contribution in [-0.2, 0) is 6.61 Å². The molecule has 0 saturated heterocycles. The number of rotatable bonds is 6. The lowest BCUT2D eigenvalue weighted by Crippen LogP contribution is -1.95. The molecule has 28 heavy (non-hydrogen) atoms. The molecule has 3 aromatic carbocycles. The smallest absolute Gasteiger partial charge is 0.270 e. The maximum atomic E-state index is 13.2. The average molecular weight is 374 g/mol. The van der Waals surface area contributed by atoms with Crippen molar-refractivity contribution < 1.29 is 14.1 Å². The lowest BCUT2D eigenvalue weighted by molar-refractivity contribution is -0.384. The number of ether oxygens (including phenoxy) is 1. The topological polar surface area (TPSA) is 76.2 Å². The number of nitrogens with zero attached hydrogens (tertiary/aromatic N) is 2. The monoisotopic (exact) mass is 374 g/mol. The summed E-state index contributed by atoms with van der Waals surface area (Å²) in [4.78, 5) is 10.4.